The minimum Gasteiger partial charge on any atom is -0.106 e. The van der Waals surface area contributed by atoms with Crippen molar-refractivity contribution >= 4 is 27.5 Å². The molecule has 2 unspecified atom stereocenters. The molecule has 2 heteroatoms. The van der Waals surface area contributed by atoms with Crippen LogP contribution in [0.15, 0.2) is 0 Å². The number of alkyl halides is 2. The van der Waals surface area contributed by atoms with Crippen molar-refractivity contribution in [3.8, 4) is 0 Å². The van der Waals surface area contributed by atoms with E-state index in [1.807, 2.05) is 0 Å². The minimum atomic E-state index is -0.000779. The van der Waals surface area contributed by atoms with E-state index in [0.717, 1.165) is 5.92 Å². The van der Waals surface area contributed by atoms with Crippen LogP contribution >= 0.6 is 27.5 Å². The molecule has 1 saturated carbocycles. The Hall–Kier alpha value is 0.770. The van der Waals surface area contributed by atoms with E-state index in [-0.39, 0.29) is 3.78 Å². The number of halogens is 2. The molecule has 1 aliphatic carbocycles. The van der Waals surface area contributed by atoms with Gasteiger partial charge >= 0.3 is 0 Å². The van der Waals surface area contributed by atoms with Crippen LogP contribution in [0.3, 0.4) is 0 Å². The lowest BCUT2D eigenvalue weighted by atomic mass is 10.1. The third kappa shape index (κ3) is 3.33. The zero-order chi connectivity index (χ0) is 8.32. The number of hydrogen-bond acceptors (Lipinski definition) is 0. The van der Waals surface area contributed by atoms with Crippen LogP contribution in [-0.2, 0) is 0 Å². The first-order valence-electron chi connectivity index (χ1n) is 4.54. The van der Waals surface area contributed by atoms with E-state index in [1.165, 1.54) is 38.5 Å². The average Bonchev–Trinajstić information content (AvgIpc) is 2.52. The van der Waals surface area contributed by atoms with Crippen molar-refractivity contribution in [2.75, 3.05) is 0 Å². The van der Waals surface area contributed by atoms with Crippen molar-refractivity contribution in [2.24, 2.45) is 5.92 Å². The second-order valence-electron chi connectivity index (χ2n) is 3.51. The molecular formula is C9H16BrCl. The molecule has 0 nitrogen and oxygen atoms in total. The smallest absolute Gasteiger partial charge is 0.102 e. The predicted molar refractivity (Wildman–Crippen MR) is 54.4 cm³/mol. The zero-order valence-corrected chi connectivity index (χ0v) is 9.42. The Kier molecular flexibility index (Phi) is 3.70. The molecule has 0 aromatic heterocycles. The Labute approximate surface area is 82.8 Å². The molecule has 0 aliphatic heterocycles. The SMILES string of the molecule is CCCCCCC1CC1(Cl)Br. The Balaban J connectivity index is 1.90. The van der Waals surface area contributed by atoms with E-state index < -0.39 is 0 Å². The van der Waals surface area contributed by atoms with E-state index in [9.17, 15) is 0 Å². The van der Waals surface area contributed by atoms with Gasteiger partial charge in [-0.25, -0.2) is 0 Å². The van der Waals surface area contributed by atoms with Crippen LogP contribution in [0.2, 0.25) is 0 Å². The highest BCUT2D eigenvalue weighted by Crippen LogP contribution is 2.56. The summed E-state index contributed by atoms with van der Waals surface area (Å²) in [7, 11) is 0. The van der Waals surface area contributed by atoms with Gasteiger partial charge in [-0.3, -0.25) is 0 Å². The normalized spacial score (nSPS) is 35.7. The summed E-state index contributed by atoms with van der Waals surface area (Å²) in [6.07, 6.45) is 7.93. The monoisotopic (exact) mass is 238 g/mol. The van der Waals surface area contributed by atoms with Gasteiger partial charge in [-0.2, -0.15) is 0 Å². The summed E-state index contributed by atoms with van der Waals surface area (Å²) in [4.78, 5) is 0. The van der Waals surface area contributed by atoms with Crippen molar-refractivity contribution < 1.29 is 0 Å². The molecule has 1 fully saturated rings. The van der Waals surface area contributed by atoms with Gasteiger partial charge in [0.1, 0.15) is 3.78 Å². The Bertz CT molecular complexity index is 123. The van der Waals surface area contributed by atoms with E-state index in [4.69, 9.17) is 11.6 Å². The molecular weight excluding hydrogens is 223 g/mol. The van der Waals surface area contributed by atoms with Crippen LogP contribution < -0.4 is 0 Å². The molecule has 0 saturated heterocycles. The maximum Gasteiger partial charge on any atom is 0.102 e. The summed E-state index contributed by atoms with van der Waals surface area (Å²) >= 11 is 9.52. The Morgan fingerprint density at radius 2 is 2.09 bits per heavy atom. The molecule has 0 N–H and O–H groups in total. The van der Waals surface area contributed by atoms with Crippen LogP contribution in [0.1, 0.15) is 45.4 Å². The van der Waals surface area contributed by atoms with E-state index in [2.05, 4.69) is 22.9 Å². The molecule has 0 bridgehead atoms. The summed E-state index contributed by atoms with van der Waals surface area (Å²) in [5, 5.41) is 0. The highest BCUT2D eigenvalue weighted by molar-refractivity contribution is 9.10. The molecule has 0 radical (unpaired) electrons. The van der Waals surface area contributed by atoms with Gasteiger partial charge in [-0.1, -0.05) is 48.5 Å². The quantitative estimate of drug-likeness (QED) is 0.495. The summed E-state index contributed by atoms with van der Waals surface area (Å²) < 4.78 is -0.000779. The largest absolute Gasteiger partial charge is 0.106 e. The van der Waals surface area contributed by atoms with Crippen LogP contribution in [0, 0.1) is 5.92 Å². The second kappa shape index (κ2) is 4.13. The van der Waals surface area contributed by atoms with Gasteiger partial charge in [-0.05, 0) is 18.8 Å². The Morgan fingerprint density at radius 3 is 2.55 bits per heavy atom. The fourth-order valence-corrected chi connectivity index (χ4v) is 2.32. The van der Waals surface area contributed by atoms with Crippen molar-refractivity contribution in [2.45, 2.75) is 49.2 Å². The minimum absolute atomic E-state index is 0.000779. The molecule has 1 aliphatic rings. The fraction of sp³-hybridized carbons (Fsp3) is 1.00. The van der Waals surface area contributed by atoms with E-state index in [0.29, 0.717) is 0 Å². The number of unbranched alkanes of at least 4 members (excludes halogenated alkanes) is 3. The number of rotatable bonds is 5. The van der Waals surface area contributed by atoms with E-state index in [1.54, 1.807) is 0 Å². The number of hydrogen-bond donors (Lipinski definition) is 0. The lowest BCUT2D eigenvalue weighted by Gasteiger charge is -1.99. The van der Waals surface area contributed by atoms with Crippen molar-refractivity contribution in [3.63, 3.8) is 0 Å². The highest BCUT2D eigenvalue weighted by Gasteiger charge is 2.49. The third-order valence-electron chi connectivity index (χ3n) is 2.36. The highest BCUT2D eigenvalue weighted by atomic mass is 79.9. The first-order chi connectivity index (χ1) is 5.17. The van der Waals surface area contributed by atoms with Crippen LogP contribution in [0.4, 0.5) is 0 Å². The zero-order valence-electron chi connectivity index (χ0n) is 7.08. The topological polar surface area (TPSA) is 0 Å². The molecule has 1 rings (SSSR count). The maximum absolute atomic E-state index is 6.04. The lowest BCUT2D eigenvalue weighted by Crippen LogP contribution is -1.89. The average molecular weight is 240 g/mol. The standard InChI is InChI=1S/C9H16BrCl/c1-2-3-4-5-6-8-7-9(8,10)11/h8H,2-7H2,1H3. The summed E-state index contributed by atoms with van der Waals surface area (Å²) in [6.45, 7) is 2.24. The maximum atomic E-state index is 6.04. The van der Waals surface area contributed by atoms with E-state index >= 15 is 0 Å². The molecule has 0 heterocycles. The first kappa shape index (κ1) is 9.85. The van der Waals surface area contributed by atoms with Crippen LogP contribution in [-0.4, -0.2) is 3.78 Å². The molecule has 66 valence electrons. The summed E-state index contributed by atoms with van der Waals surface area (Å²) in [6, 6.07) is 0. The van der Waals surface area contributed by atoms with Crippen molar-refractivity contribution in [3.05, 3.63) is 0 Å². The molecule has 0 aromatic rings. The lowest BCUT2D eigenvalue weighted by molar-refractivity contribution is 0.596. The summed E-state index contributed by atoms with van der Waals surface area (Å²) in [5.41, 5.74) is 0. The van der Waals surface area contributed by atoms with Gasteiger partial charge in [0.25, 0.3) is 0 Å². The molecule has 0 spiro atoms. The van der Waals surface area contributed by atoms with Gasteiger partial charge in [0, 0.05) is 0 Å². The fourth-order valence-electron chi connectivity index (χ4n) is 1.40. The predicted octanol–water partition coefficient (Wildman–Crippen LogP) is 4.31. The van der Waals surface area contributed by atoms with Gasteiger partial charge in [0.2, 0.25) is 0 Å². The van der Waals surface area contributed by atoms with Gasteiger partial charge < -0.3 is 0 Å². The van der Waals surface area contributed by atoms with Crippen LogP contribution in [0.25, 0.3) is 0 Å². The Morgan fingerprint density at radius 1 is 1.45 bits per heavy atom. The first-order valence-corrected chi connectivity index (χ1v) is 5.71. The van der Waals surface area contributed by atoms with Crippen molar-refractivity contribution in [1.82, 2.24) is 0 Å². The molecule has 11 heavy (non-hydrogen) atoms. The van der Waals surface area contributed by atoms with Crippen LogP contribution in [0.5, 0.6) is 0 Å². The third-order valence-corrected chi connectivity index (χ3v) is 3.80. The van der Waals surface area contributed by atoms with Crippen molar-refractivity contribution in [1.29, 1.82) is 0 Å². The molecule has 2 atom stereocenters. The van der Waals surface area contributed by atoms with Gasteiger partial charge in [0.15, 0.2) is 0 Å². The summed E-state index contributed by atoms with van der Waals surface area (Å²) in [5.74, 6) is 0.751. The van der Waals surface area contributed by atoms with Gasteiger partial charge in [0.05, 0.1) is 0 Å². The second-order valence-corrected chi connectivity index (χ2v) is 6.06. The van der Waals surface area contributed by atoms with Gasteiger partial charge in [-0.15, -0.1) is 11.6 Å². The molecule has 0 amide bonds. The molecule has 0 aromatic carbocycles.